The third-order valence-corrected chi connectivity index (χ3v) is 2.98. The van der Waals surface area contributed by atoms with Crippen LogP contribution >= 0.6 is 0 Å². The molecule has 0 aliphatic rings. The summed E-state index contributed by atoms with van der Waals surface area (Å²) in [6.07, 6.45) is -0.743. The van der Waals surface area contributed by atoms with Crippen LogP contribution in [0, 0.1) is 0 Å². The molecule has 1 aromatic carbocycles. The second-order valence-electron chi connectivity index (χ2n) is 4.52. The number of benzene rings is 1. The Bertz CT molecular complexity index is 544. The highest BCUT2D eigenvalue weighted by Gasteiger charge is 2.18. The third kappa shape index (κ3) is 6.31. The van der Waals surface area contributed by atoms with Crippen LogP contribution in [-0.4, -0.2) is 46.2 Å². The molecule has 134 valence electrons. The average Bonchev–Trinajstić information content (AvgIpc) is 2.60. The maximum absolute atomic E-state index is 11.9. The smallest absolute Gasteiger partial charge is 0.497 e. The fraction of sp³-hybridized carbons (Fsp3) is 0.467. The lowest BCUT2D eigenvalue weighted by atomic mass is 10.2. The summed E-state index contributed by atoms with van der Waals surface area (Å²) in [5.74, 6) is -0.289. The molecular weight excluding hydrogens is 324 g/mol. The summed E-state index contributed by atoms with van der Waals surface area (Å²) in [4.78, 5) is 31.6. The molecule has 0 spiro atoms. The second-order valence-corrected chi connectivity index (χ2v) is 4.52. The molecule has 1 rings (SSSR count). The van der Waals surface area contributed by atoms with Crippen LogP contribution in [0.15, 0.2) is 18.2 Å². The van der Waals surface area contributed by atoms with Gasteiger partial charge in [-0.2, -0.15) is 0 Å². The number of carbonyl (C=O) groups excluding carboxylic acids is 2. The molecule has 0 aliphatic heterocycles. The molecule has 0 heterocycles. The molecule has 0 bridgehead atoms. The van der Waals surface area contributed by atoms with Gasteiger partial charge in [0.05, 0.1) is 32.0 Å². The molecule has 24 heavy (non-hydrogen) atoms. The molecule has 0 amide bonds. The fourth-order valence-corrected chi connectivity index (χ4v) is 1.54. The van der Waals surface area contributed by atoms with Crippen molar-refractivity contribution in [3.8, 4) is 11.5 Å². The molecule has 0 saturated heterocycles. The van der Waals surface area contributed by atoms with Crippen molar-refractivity contribution in [3.05, 3.63) is 23.8 Å². The lowest BCUT2D eigenvalue weighted by Gasteiger charge is -2.09. The predicted molar refractivity (Wildman–Crippen MR) is 79.6 cm³/mol. The number of hydrogen-bond donors (Lipinski definition) is 0. The molecular formula is C15H20O9. The van der Waals surface area contributed by atoms with E-state index in [1.807, 2.05) is 6.92 Å². The van der Waals surface area contributed by atoms with Crippen molar-refractivity contribution in [2.24, 2.45) is 0 Å². The van der Waals surface area contributed by atoms with Crippen LogP contribution in [0.3, 0.4) is 0 Å². The zero-order chi connectivity index (χ0) is 17.9. The van der Waals surface area contributed by atoms with Crippen molar-refractivity contribution in [3.63, 3.8) is 0 Å². The van der Waals surface area contributed by atoms with E-state index in [1.54, 1.807) is 13.2 Å². The molecule has 0 aliphatic carbocycles. The Morgan fingerprint density at radius 1 is 1.08 bits per heavy atom. The van der Waals surface area contributed by atoms with Gasteiger partial charge in [0.1, 0.15) is 17.1 Å². The monoisotopic (exact) mass is 344 g/mol. The first kappa shape index (κ1) is 19.5. The fourth-order valence-electron chi connectivity index (χ4n) is 1.54. The minimum Gasteiger partial charge on any atom is -0.497 e. The summed E-state index contributed by atoms with van der Waals surface area (Å²) < 4.78 is 19.7. The van der Waals surface area contributed by atoms with Gasteiger partial charge >= 0.3 is 12.1 Å². The van der Waals surface area contributed by atoms with Crippen molar-refractivity contribution in [1.29, 1.82) is 0 Å². The van der Waals surface area contributed by atoms with E-state index in [0.29, 0.717) is 12.2 Å². The van der Waals surface area contributed by atoms with Gasteiger partial charge in [0.2, 0.25) is 0 Å². The number of methoxy groups -OCH3 is 3. The molecule has 0 fully saturated rings. The van der Waals surface area contributed by atoms with E-state index in [4.69, 9.17) is 14.2 Å². The Labute approximate surface area is 139 Å². The van der Waals surface area contributed by atoms with Crippen LogP contribution in [-0.2, 0) is 24.3 Å². The van der Waals surface area contributed by atoms with Crippen LogP contribution < -0.4 is 9.47 Å². The molecule has 0 N–H and O–H groups in total. The first-order valence-corrected chi connectivity index (χ1v) is 6.98. The van der Waals surface area contributed by atoms with Crippen molar-refractivity contribution < 1.29 is 43.3 Å². The van der Waals surface area contributed by atoms with Gasteiger partial charge in [0.25, 0.3) is 0 Å². The first-order chi connectivity index (χ1) is 11.5. The van der Waals surface area contributed by atoms with Crippen LogP contribution in [0.25, 0.3) is 0 Å². The topological polar surface area (TPSA) is 98.8 Å². The number of hydrogen-bond acceptors (Lipinski definition) is 9. The molecule has 0 radical (unpaired) electrons. The third-order valence-electron chi connectivity index (χ3n) is 2.98. The molecule has 1 aromatic rings. The van der Waals surface area contributed by atoms with E-state index in [-0.39, 0.29) is 24.0 Å². The second kappa shape index (κ2) is 10.3. The summed E-state index contributed by atoms with van der Waals surface area (Å²) >= 11 is 0. The van der Waals surface area contributed by atoms with E-state index in [0.717, 1.165) is 0 Å². The van der Waals surface area contributed by atoms with E-state index in [1.165, 1.54) is 26.4 Å². The average molecular weight is 344 g/mol. The normalized spacial score (nSPS) is 11.3. The summed E-state index contributed by atoms with van der Waals surface area (Å²) in [5.41, 5.74) is 0.0303. The highest BCUT2D eigenvalue weighted by molar-refractivity contribution is 5.92. The Morgan fingerprint density at radius 2 is 1.83 bits per heavy atom. The largest absolute Gasteiger partial charge is 0.543 e. The van der Waals surface area contributed by atoms with Gasteiger partial charge in [-0.25, -0.2) is 14.5 Å². The van der Waals surface area contributed by atoms with E-state index in [9.17, 15) is 9.59 Å². The maximum Gasteiger partial charge on any atom is 0.543 e. The zero-order valence-corrected chi connectivity index (χ0v) is 13.9. The van der Waals surface area contributed by atoms with Crippen LogP contribution in [0.4, 0.5) is 4.79 Å². The van der Waals surface area contributed by atoms with Gasteiger partial charge in [-0.3, -0.25) is 4.89 Å². The molecule has 1 unspecified atom stereocenters. The van der Waals surface area contributed by atoms with Gasteiger partial charge in [-0.1, -0.05) is 0 Å². The highest BCUT2D eigenvalue weighted by atomic mass is 17.5. The molecule has 9 nitrogen and oxygen atoms in total. The summed E-state index contributed by atoms with van der Waals surface area (Å²) in [6.45, 7) is 1.88. The molecule has 1 atom stereocenters. The minimum atomic E-state index is -1.15. The number of rotatable bonds is 9. The highest BCUT2D eigenvalue weighted by Crippen LogP contribution is 2.24. The Hall–Kier alpha value is -2.52. The predicted octanol–water partition coefficient (Wildman–Crippen LogP) is 2.29. The Balaban J connectivity index is 2.42. The maximum atomic E-state index is 11.9. The van der Waals surface area contributed by atoms with Gasteiger partial charge in [-0.05, 0) is 25.1 Å². The van der Waals surface area contributed by atoms with E-state index in [2.05, 4.69) is 19.6 Å². The minimum absolute atomic E-state index is 0.0303. The van der Waals surface area contributed by atoms with Crippen LogP contribution in [0.1, 0.15) is 23.7 Å². The van der Waals surface area contributed by atoms with E-state index < -0.39 is 12.1 Å². The summed E-state index contributed by atoms with van der Waals surface area (Å²) in [7, 11) is 4.36. The lowest BCUT2D eigenvalue weighted by Crippen LogP contribution is -2.15. The summed E-state index contributed by atoms with van der Waals surface area (Å²) in [6, 6.07) is 4.50. The van der Waals surface area contributed by atoms with Gasteiger partial charge in [0, 0.05) is 13.5 Å². The van der Waals surface area contributed by atoms with E-state index >= 15 is 0 Å². The van der Waals surface area contributed by atoms with Gasteiger partial charge in [0.15, 0.2) is 0 Å². The Morgan fingerprint density at radius 3 is 2.46 bits per heavy atom. The molecule has 0 saturated carbocycles. The van der Waals surface area contributed by atoms with Crippen LogP contribution in [0.5, 0.6) is 11.5 Å². The van der Waals surface area contributed by atoms with Crippen molar-refractivity contribution >= 4 is 12.1 Å². The quantitative estimate of drug-likeness (QED) is 0.379. The SMILES string of the molecule is COc1ccc(OC)c(C(=O)OOOC(=O)OCCC(C)OC)c1. The summed E-state index contributed by atoms with van der Waals surface area (Å²) in [5, 5.41) is 4.12. The lowest BCUT2D eigenvalue weighted by molar-refractivity contribution is -0.452. The number of carbonyl (C=O) groups is 2. The standard InChI is InChI=1S/C15H20O9/c1-10(18-2)7-8-21-15(17)23-24-22-14(16)12-9-11(19-3)5-6-13(12)20-4/h5-6,9-10H,7-8H2,1-4H3. The van der Waals surface area contributed by atoms with Crippen molar-refractivity contribution in [1.82, 2.24) is 0 Å². The molecule has 0 aromatic heterocycles. The van der Waals surface area contributed by atoms with Crippen molar-refractivity contribution in [2.45, 2.75) is 19.4 Å². The van der Waals surface area contributed by atoms with Crippen LogP contribution in [0.2, 0.25) is 0 Å². The number of ether oxygens (including phenoxy) is 4. The molecule has 9 heteroatoms. The first-order valence-electron chi connectivity index (χ1n) is 6.98. The van der Waals surface area contributed by atoms with Crippen molar-refractivity contribution in [2.75, 3.05) is 27.9 Å². The van der Waals surface area contributed by atoms with Gasteiger partial charge in [-0.15, -0.1) is 0 Å². The Kier molecular flexibility index (Phi) is 8.37. The van der Waals surface area contributed by atoms with Gasteiger partial charge < -0.3 is 18.9 Å². The zero-order valence-electron chi connectivity index (χ0n) is 13.9.